The van der Waals surface area contributed by atoms with Gasteiger partial charge in [-0.3, -0.25) is 0 Å². The fourth-order valence-electron chi connectivity index (χ4n) is 2.28. The van der Waals surface area contributed by atoms with Gasteiger partial charge in [-0.25, -0.2) is 4.79 Å². The molecule has 0 aliphatic carbocycles. The molecule has 120 valence electrons. The molecule has 0 aliphatic heterocycles. The van der Waals surface area contributed by atoms with E-state index in [2.05, 4.69) is 0 Å². The number of aromatic hydroxyl groups is 1. The summed E-state index contributed by atoms with van der Waals surface area (Å²) in [6, 6.07) is 9.92. The third kappa shape index (κ3) is 3.63. The smallest absolute Gasteiger partial charge is 0.336 e. The summed E-state index contributed by atoms with van der Waals surface area (Å²) in [6.45, 7) is 1.82. The van der Waals surface area contributed by atoms with Crippen LogP contribution in [0.25, 0.3) is 11.6 Å². The van der Waals surface area contributed by atoms with E-state index in [1.54, 1.807) is 37.4 Å². The number of ether oxygens (including phenoxy) is 2. The first-order valence-electron chi connectivity index (χ1n) is 6.93. The van der Waals surface area contributed by atoms with E-state index in [1.165, 1.54) is 19.3 Å². The lowest BCUT2D eigenvalue weighted by atomic mass is 9.98. The highest BCUT2D eigenvalue weighted by Crippen LogP contribution is 2.30. The molecular weight excluding hydrogens is 296 g/mol. The summed E-state index contributed by atoms with van der Waals surface area (Å²) in [5, 5.41) is 19.3. The van der Waals surface area contributed by atoms with Gasteiger partial charge in [0.15, 0.2) is 11.5 Å². The van der Waals surface area contributed by atoms with Crippen molar-refractivity contribution >= 4 is 17.6 Å². The number of hydrogen-bond acceptors (Lipinski definition) is 4. The van der Waals surface area contributed by atoms with Crippen molar-refractivity contribution in [3.8, 4) is 17.2 Å². The minimum Gasteiger partial charge on any atom is -0.504 e. The third-order valence-electron chi connectivity index (χ3n) is 3.47. The largest absolute Gasteiger partial charge is 0.504 e. The van der Waals surface area contributed by atoms with Crippen molar-refractivity contribution in [3.63, 3.8) is 0 Å². The zero-order valence-corrected chi connectivity index (χ0v) is 13.2. The van der Waals surface area contributed by atoms with Gasteiger partial charge in [0.2, 0.25) is 0 Å². The van der Waals surface area contributed by atoms with E-state index in [0.717, 1.165) is 5.56 Å². The minimum atomic E-state index is -1.05. The molecule has 0 saturated carbocycles. The first-order valence-corrected chi connectivity index (χ1v) is 6.93. The van der Waals surface area contributed by atoms with Crippen molar-refractivity contribution in [2.45, 2.75) is 6.92 Å². The molecular formula is C18H18O5. The number of carbonyl (C=O) groups is 1. The van der Waals surface area contributed by atoms with Crippen LogP contribution < -0.4 is 9.47 Å². The van der Waals surface area contributed by atoms with Gasteiger partial charge in [-0.2, -0.15) is 0 Å². The predicted molar refractivity (Wildman–Crippen MR) is 87.9 cm³/mol. The molecule has 2 N–H and O–H groups in total. The number of hydrogen-bond donors (Lipinski definition) is 2. The van der Waals surface area contributed by atoms with Crippen LogP contribution in [-0.2, 0) is 4.79 Å². The highest BCUT2D eigenvalue weighted by atomic mass is 16.5. The molecule has 0 unspecified atom stereocenters. The van der Waals surface area contributed by atoms with Gasteiger partial charge in [0.25, 0.3) is 0 Å². The van der Waals surface area contributed by atoms with Crippen molar-refractivity contribution < 1.29 is 24.5 Å². The van der Waals surface area contributed by atoms with E-state index < -0.39 is 5.97 Å². The Morgan fingerprint density at radius 1 is 1.09 bits per heavy atom. The highest BCUT2D eigenvalue weighted by Gasteiger charge is 2.14. The van der Waals surface area contributed by atoms with Crippen LogP contribution in [0.1, 0.15) is 16.7 Å². The van der Waals surface area contributed by atoms with E-state index in [9.17, 15) is 15.0 Å². The number of carboxylic acid groups (broad SMARTS) is 1. The molecule has 5 heteroatoms. The van der Waals surface area contributed by atoms with Crippen LogP contribution in [0.2, 0.25) is 0 Å². The van der Waals surface area contributed by atoms with Crippen molar-refractivity contribution in [2.24, 2.45) is 0 Å². The summed E-state index contributed by atoms with van der Waals surface area (Å²) in [7, 11) is 3.01. The maximum Gasteiger partial charge on any atom is 0.336 e. The first-order chi connectivity index (χ1) is 11.0. The van der Waals surface area contributed by atoms with Crippen molar-refractivity contribution in [2.75, 3.05) is 14.2 Å². The molecule has 0 aromatic heterocycles. The summed E-state index contributed by atoms with van der Waals surface area (Å²) in [4.78, 5) is 11.6. The summed E-state index contributed by atoms with van der Waals surface area (Å²) in [5.41, 5.74) is 2.08. The molecule has 0 radical (unpaired) electrons. The minimum absolute atomic E-state index is 0.0440. The van der Waals surface area contributed by atoms with E-state index in [0.29, 0.717) is 22.6 Å². The van der Waals surface area contributed by atoms with Crippen LogP contribution in [0.5, 0.6) is 17.2 Å². The average Bonchev–Trinajstić information content (AvgIpc) is 2.52. The number of aliphatic carboxylic acids is 1. The Balaban J connectivity index is 2.50. The summed E-state index contributed by atoms with van der Waals surface area (Å²) in [5.74, 6) is -0.0937. The van der Waals surface area contributed by atoms with E-state index in [4.69, 9.17) is 9.47 Å². The molecule has 23 heavy (non-hydrogen) atoms. The Kier molecular flexibility index (Phi) is 4.91. The highest BCUT2D eigenvalue weighted by molar-refractivity contribution is 6.21. The molecule has 5 nitrogen and oxygen atoms in total. The van der Waals surface area contributed by atoms with Gasteiger partial charge in [-0.15, -0.1) is 0 Å². The monoisotopic (exact) mass is 314 g/mol. The average molecular weight is 314 g/mol. The van der Waals surface area contributed by atoms with Gasteiger partial charge in [-0.05, 0) is 54.0 Å². The van der Waals surface area contributed by atoms with E-state index >= 15 is 0 Å². The summed E-state index contributed by atoms with van der Waals surface area (Å²) < 4.78 is 10.1. The normalized spacial score (nSPS) is 11.2. The third-order valence-corrected chi connectivity index (χ3v) is 3.47. The maximum atomic E-state index is 11.6. The van der Waals surface area contributed by atoms with Gasteiger partial charge in [0, 0.05) is 0 Å². The molecule has 0 saturated heterocycles. The molecule has 0 atom stereocenters. The van der Waals surface area contributed by atoms with Gasteiger partial charge in [0.05, 0.1) is 19.8 Å². The molecule has 2 aromatic rings. The number of carboxylic acids is 1. The predicted octanol–water partition coefficient (Wildman–Crippen LogP) is 3.34. The summed E-state index contributed by atoms with van der Waals surface area (Å²) >= 11 is 0. The molecule has 0 aliphatic rings. The van der Waals surface area contributed by atoms with Crippen LogP contribution in [-0.4, -0.2) is 30.4 Å². The van der Waals surface area contributed by atoms with Gasteiger partial charge in [0.1, 0.15) is 5.75 Å². The fraction of sp³-hybridized carbons (Fsp3) is 0.167. The Labute approximate surface area is 134 Å². The topological polar surface area (TPSA) is 76.0 Å². The zero-order chi connectivity index (χ0) is 17.0. The van der Waals surface area contributed by atoms with Gasteiger partial charge in [-0.1, -0.05) is 12.1 Å². The molecule has 0 heterocycles. The lowest BCUT2D eigenvalue weighted by molar-refractivity contribution is -0.130. The summed E-state index contributed by atoms with van der Waals surface area (Å²) in [6.07, 6.45) is 1.51. The van der Waals surface area contributed by atoms with Gasteiger partial charge >= 0.3 is 5.97 Å². The van der Waals surface area contributed by atoms with Crippen molar-refractivity contribution in [3.05, 3.63) is 53.1 Å². The number of rotatable bonds is 5. The second-order valence-corrected chi connectivity index (χ2v) is 4.98. The van der Waals surface area contributed by atoms with Crippen LogP contribution in [0.3, 0.4) is 0 Å². The molecule has 2 aromatic carbocycles. The number of benzene rings is 2. The second-order valence-electron chi connectivity index (χ2n) is 4.98. The Morgan fingerprint density at radius 3 is 2.35 bits per heavy atom. The molecule has 0 fully saturated rings. The van der Waals surface area contributed by atoms with E-state index in [-0.39, 0.29) is 11.3 Å². The molecule has 0 spiro atoms. The van der Waals surface area contributed by atoms with E-state index in [1.807, 2.05) is 6.92 Å². The Hall–Kier alpha value is -2.95. The fourth-order valence-corrected chi connectivity index (χ4v) is 2.28. The number of phenolic OH excluding ortho intramolecular Hbond substituents is 1. The lowest BCUT2D eigenvalue weighted by Gasteiger charge is -2.10. The Morgan fingerprint density at radius 2 is 1.83 bits per heavy atom. The van der Waals surface area contributed by atoms with Crippen LogP contribution in [0, 0.1) is 6.92 Å². The maximum absolute atomic E-state index is 11.6. The lowest BCUT2D eigenvalue weighted by Crippen LogP contribution is -2.02. The van der Waals surface area contributed by atoms with Crippen LogP contribution >= 0.6 is 0 Å². The van der Waals surface area contributed by atoms with Crippen molar-refractivity contribution in [1.82, 2.24) is 0 Å². The molecule has 2 rings (SSSR count). The van der Waals surface area contributed by atoms with Gasteiger partial charge < -0.3 is 19.7 Å². The van der Waals surface area contributed by atoms with Crippen LogP contribution in [0.15, 0.2) is 36.4 Å². The number of phenols is 1. The SMILES string of the molecule is COc1ccc(/C(=C/c2ccc(OC)c(O)c2)C(=O)O)c(C)c1. The zero-order valence-electron chi connectivity index (χ0n) is 13.2. The number of aryl methyl sites for hydroxylation is 1. The molecule has 0 bridgehead atoms. The first kappa shape index (κ1) is 16.4. The molecule has 0 amide bonds. The van der Waals surface area contributed by atoms with Crippen molar-refractivity contribution in [1.29, 1.82) is 0 Å². The standard InChI is InChI=1S/C18H18O5/c1-11-8-13(22-2)5-6-14(11)15(18(20)21)9-12-4-7-17(23-3)16(19)10-12/h4-10,19H,1-3H3,(H,20,21)/b15-9-. The number of methoxy groups -OCH3 is 2. The van der Waals surface area contributed by atoms with Crippen LogP contribution in [0.4, 0.5) is 0 Å². The Bertz CT molecular complexity index is 762. The second kappa shape index (κ2) is 6.87. The quantitative estimate of drug-likeness (QED) is 0.654.